The van der Waals surface area contributed by atoms with Crippen LogP contribution in [0.5, 0.6) is 0 Å². The lowest BCUT2D eigenvalue weighted by Gasteiger charge is -2.24. The largest absolute Gasteiger partial charge is 0.364 e. The number of para-hydroxylation sites is 1. The molecule has 2 aliphatic rings. The molecule has 0 radical (unpaired) electrons. The Labute approximate surface area is 110 Å². The Bertz CT molecular complexity index is 495. The molecule has 19 heavy (non-hydrogen) atoms. The van der Waals surface area contributed by atoms with Gasteiger partial charge in [0.2, 0.25) is 5.82 Å². The molecule has 6 heteroatoms. The van der Waals surface area contributed by atoms with Gasteiger partial charge >= 0.3 is 5.69 Å². The van der Waals surface area contributed by atoms with Gasteiger partial charge in [-0.15, -0.1) is 0 Å². The number of hydrogen-bond donors (Lipinski definition) is 1. The van der Waals surface area contributed by atoms with Crippen LogP contribution in [0.2, 0.25) is 0 Å². The van der Waals surface area contributed by atoms with Crippen LogP contribution >= 0.6 is 0 Å². The van der Waals surface area contributed by atoms with E-state index < -0.39 is 16.4 Å². The molecule has 0 amide bonds. The highest BCUT2D eigenvalue weighted by atomic mass is 19.1. The average Bonchev–Trinajstić information content (AvgIpc) is 2.81. The van der Waals surface area contributed by atoms with Gasteiger partial charge < -0.3 is 10.2 Å². The number of halogens is 1. The van der Waals surface area contributed by atoms with Crippen LogP contribution in [-0.2, 0) is 0 Å². The predicted molar refractivity (Wildman–Crippen MR) is 69.8 cm³/mol. The van der Waals surface area contributed by atoms with Crippen molar-refractivity contribution in [2.24, 2.45) is 5.92 Å². The summed E-state index contributed by atoms with van der Waals surface area (Å²) in [5, 5.41) is 14.5. The Balaban J connectivity index is 1.91. The summed E-state index contributed by atoms with van der Waals surface area (Å²) in [6, 6.07) is 4.69. The van der Waals surface area contributed by atoms with Gasteiger partial charge in [-0.2, -0.15) is 4.39 Å². The lowest BCUT2D eigenvalue weighted by atomic mass is 9.94. The second-order valence-corrected chi connectivity index (χ2v) is 5.23. The molecule has 102 valence electrons. The third kappa shape index (κ3) is 2.16. The van der Waals surface area contributed by atoms with Gasteiger partial charge in [0.05, 0.1) is 4.92 Å². The molecule has 2 aliphatic heterocycles. The SMILES string of the molecule is O=[N+]([O-])c1c(F)cccc1N1CC2CCCNC2C1. The van der Waals surface area contributed by atoms with E-state index in [2.05, 4.69) is 5.32 Å². The van der Waals surface area contributed by atoms with E-state index in [1.807, 2.05) is 4.90 Å². The normalized spacial score (nSPS) is 26.3. The molecule has 2 atom stereocenters. The summed E-state index contributed by atoms with van der Waals surface area (Å²) in [5.74, 6) is -0.248. The highest BCUT2D eigenvalue weighted by molar-refractivity contribution is 5.64. The van der Waals surface area contributed by atoms with E-state index in [1.165, 1.54) is 6.07 Å². The number of benzene rings is 1. The van der Waals surface area contributed by atoms with Gasteiger partial charge in [0.1, 0.15) is 5.69 Å². The number of rotatable bonds is 2. The summed E-state index contributed by atoms with van der Waals surface area (Å²) < 4.78 is 13.6. The Morgan fingerprint density at radius 3 is 3.00 bits per heavy atom. The van der Waals surface area contributed by atoms with Gasteiger partial charge in [0, 0.05) is 19.1 Å². The Kier molecular flexibility index (Phi) is 3.10. The number of nitro groups is 1. The molecule has 2 unspecified atom stereocenters. The van der Waals surface area contributed by atoms with E-state index in [1.54, 1.807) is 6.07 Å². The number of anilines is 1. The zero-order valence-electron chi connectivity index (χ0n) is 10.5. The highest BCUT2D eigenvalue weighted by Gasteiger charge is 2.37. The van der Waals surface area contributed by atoms with Gasteiger partial charge in [-0.3, -0.25) is 10.1 Å². The van der Waals surface area contributed by atoms with Gasteiger partial charge in [-0.25, -0.2) is 0 Å². The summed E-state index contributed by atoms with van der Waals surface area (Å²) >= 11 is 0. The van der Waals surface area contributed by atoms with Crippen LogP contribution in [0.3, 0.4) is 0 Å². The molecule has 0 aliphatic carbocycles. The fourth-order valence-corrected chi connectivity index (χ4v) is 3.18. The number of nitrogens with zero attached hydrogens (tertiary/aromatic N) is 2. The van der Waals surface area contributed by atoms with Crippen LogP contribution in [0.15, 0.2) is 18.2 Å². The smallest absolute Gasteiger partial charge is 0.327 e. The zero-order valence-corrected chi connectivity index (χ0v) is 10.5. The number of fused-ring (bicyclic) bond motifs is 1. The molecule has 1 aromatic carbocycles. The van der Waals surface area contributed by atoms with Crippen molar-refractivity contribution in [3.8, 4) is 0 Å². The minimum Gasteiger partial charge on any atom is -0.364 e. The zero-order chi connectivity index (χ0) is 13.4. The summed E-state index contributed by atoms with van der Waals surface area (Å²) in [4.78, 5) is 12.4. The predicted octanol–water partition coefficient (Wildman–Crippen LogP) is 1.92. The molecule has 2 heterocycles. The second kappa shape index (κ2) is 4.77. The average molecular weight is 265 g/mol. The highest BCUT2D eigenvalue weighted by Crippen LogP contribution is 2.35. The van der Waals surface area contributed by atoms with Crippen molar-refractivity contribution in [2.45, 2.75) is 18.9 Å². The third-order valence-electron chi connectivity index (χ3n) is 4.09. The maximum Gasteiger partial charge on any atom is 0.327 e. The Morgan fingerprint density at radius 1 is 1.42 bits per heavy atom. The Morgan fingerprint density at radius 2 is 2.26 bits per heavy atom. The summed E-state index contributed by atoms with van der Waals surface area (Å²) in [7, 11) is 0. The van der Waals surface area contributed by atoms with E-state index in [0.29, 0.717) is 17.6 Å². The van der Waals surface area contributed by atoms with Crippen molar-refractivity contribution in [1.82, 2.24) is 5.32 Å². The lowest BCUT2D eigenvalue weighted by molar-refractivity contribution is -0.386. The van der Waals surface area contributed by atoms with Crippen molar-refractivity contribution in [1.29, 1.82) is 0 Å². The number of nitrogens with one attached hydrogen (secondary N) is 1. The number of nitro benzene ring substituents is 1. The first-order valence-electron chi connectivity index (χ1n) is 6.58. The van der Waals surface area contributed by atoms with E-state index in [-0.39, 0.29) is 0 Å². The Hall–Kier alpha value is -1.69. The fourth-order valence-electron chi connectivity index (χ4n) is 3.18. The second-order valence-electron chi connectivity index (χ2n) is 5.23. The van der Waals surface area contributed by atoms with Gasteiger partial charge in [0.15, 0.2) is 0 Å². The minimum atomic E-state index is -0.759. The molecule has 0 bridgehead atoms. The van der Waals surface area contributed by atoms with E-state index in [9.17, 15) is 14.5 Å². The molecule has 0 saturated carbocycles. The third-order valence-corrected chi connectivity index (χ3v) is 4.09. The topological polar surface area (TPSA) is 58.4 Å². The maximum atomic E-state index is 13.6. The minimum absolute atomic E-state index is 0.372. The van der Waals surface area contributed by atoms with E-state index >= 15 is 0 Å². The van der Waals surface area contributed by atoms with Crippen molar-refractivity contribution >= 4 is 11.4 Å². The van der Waals surface area contributed by atoms with E-state index in [0.717, 1.165) is 38.5 Å². The first kappa shape index (κ1) is 12.3. The molecule has 1 N–H and O–H groups in total. The molecule has 2 saturated heterocycles. The monoisotopic (exact) mass is 265 g/mol. The van der Waals surface area contributed by atoms with Crippen LogP contribution in [0.4, 0.5) is 15.8 Å². The molecular formula is C13H16FN3O2. The number of piperidine rings is 1. The van der Waals surface area contributed by atoms with Crippen molar-refractivity contribution in [2.75, 3.05) is 24.5 Å². The fraction of sp³-hybridized carbons (Fsp3) is 0.538. The first-order chi connectivity index (χ1) is 9.16. The van der Waals surface area contributed by atoms with Crippen LogP contribution in [0.25, 0.3) is 0 Å². The first-order valence-corrected chi connectivity index (χ1v) is 6.58. The van der Waals surface area contributed by atoms with Crippen molar-refractivity contribution in [3.05, 3.63) is 34.1 Å². The standard InChI is InChI=1S/C13H16FN3O2/c14-10-4-1-5-12(13(10)17(18)19)16-7-9-3-2-6-15-11(9)8-16/h1,4-5,9,11,15H,2-3,6-8H2. The van der Waals surface area contributed by atoms with E-state index in [4.69, 9.17) is 0 Å². The van der Waals surface area contributed by atoms with Gasteiger partial charge in [-0.05, 0) is 37.4 Å². The molecule has 2 fully saturated rings. The van der Waals surface area contributed by atoms with Crippen molar-refractivity contribution in [3.63, 3.8) is 0 Å². The molecule has 0 aromatic heterocycles. The van der Waals surface area contributed by atoms with Crippen LogP contribution in [-0.4, -0.2) is 30.6 Å². The van der Waals surface area contributed by atoms with Crippen LogP contribution < -0.4 is 10.2 Å². The lowest BCUT2D eigenvalue weighted by Crippen LogP contribution is -2.40. The van der Waals surface area contributed by atoms with Gasteiger partial charge in [0.25, 0.3) is 0 Å². The quantitative estimate of drug-likeness (QED) is 0.655. The van der Waals surface area contributed by atoms with Crippen molar-refractivity contribution < 1.29 is 9.31 Å². The summed E-state index contributed by atoms with van der Waals surface area (Å²) in [6.07, 6.45) is 2.28. The van der Waals surface area contributed by atoms with Crippen LogP contribution in [0, 0.1) is 21.8 Å². The molecule has 1 aromatic rings. The van der Waals surface area contributed by atoms with Crippen LogP contribution in [0.1, 0.15) is 12.8 Å². The molecule has 5 nitrogen and oxygen atoms in total. The molecule has 0 spiro atoms. The number of hydrogen-bond acceptors (Lipinski definition) is 4. The van der Waals surface area contributed by atoms with Gasteiger partial charge in [-0.1, -0.05) is 6.07 Å². The summed E-state index contributed by atoms with van der Waals surface area (Å²) in [6.45, 7) is 2.48. The maximum absolute atomic E-state index is 13.6. The summed E-state index contributed by atoms with van der Waals surface area (Å²) in [5.41, 5.74) is 0.00217. The molecular weight excluding hydrogens is 249 g/mol. The molecule has 3 rings (SSSR count).